The van der Waals surface area contributed by atoms with E-state index in [2.05, 4.69) is 23.2 Å². The lowest BCUT2D eigenvalue weighted by Crippen LogP contribution is -2.16. The fourth-order valence-electron chi connectivity index (χ4n) is 4.14. The first kappa shape index (κ1) is 20.0. The summed E-state index contributed by atoms with van der Waals surface area (Å²) in [5.41, 5.74) is 2.38. The second kappa shape index (κ2) is 9.03. The quantitative estimate of drug-likeness (QED) is 0.350. The van der Waals surface area contributed by atoms with E-state index in [1.807, 2.05) is 12.1 Å². The molecule has 2 heterocycles. The third kappa shape index (κ3) is 4.66. The van der Waals surface area contributed by atoms with Crippen molar-refractivity contribution in [3.05, 3.63) is 51.6 Å². The number of hydrogen-bond acceptors (Lipinski definition) is 6. The number of rotatable bonds is 7. The van der Waals surface area contributed by atoms with Crippen LogP contribution in [-0.4, -0.2) is 14.9 Å². The molecule has 2 aromatic heterocycles. The average Bonchev–Trinajstić information content (AvgIpc) is 3.10. The smallest absolute Gasteiger partial charge is 0.336 e. The third-order valence-electron chi connectivity index (χ3n) is 5.90. The number of aryl methyl sites for hydroxylation is 2. The van der Waals surface area contributed by atoms with Crippen LogP contribution in [-0.2, 0) is 18.6 Å². The Balaban J connectivity index is 1.45. The monoisotopic (exact) mass is 412 g/mol. The molecule has 0 aliphatic heterocycles. The summed E-state index contributed by atoms with van der Waals surface area (Å²) in [7, 11) is 0. The zero-order chi connectivity index (χ0) is 20.2. The van der Waals surface area contributed by atoms with E-state index in [-0.39, 0.29) is 5.63 Å². The molecule has 1 aromatic carbocycles. The molecule has 29 heavy (non-hydrogen) atoms. The summed E-state index contributed by atoms with van der Waals surface area (Å²) in [5, 5.41) is 10.2. The molecular weight excluding hydrogens is 384 g/mol. The van der Waals surface area contributed by atoms with Crippen molar-refractivity contribution in [2.24, 2.45) is 5.92 Å². The summed E-state index contributed by atoms with van der Waals surface area (Å²) in [6.45, 7) is 2.08. The van der Waals surface area contributed by atoms with Gasteiger partial charge in [0.15, 0.2) is 5.82 Å². The number of aromatic nitrogens is 3. The van der Waals surface area contributed by atoms with Crippen molar-refractivity contribution in [3.63, 3.8) is 0 Å². The summed E-state index contributed by atoms with van der Waals surface area (Å²) in [6.07, 6.45) is 9.61. The number of thioether (sulfide) groups is 1. The zero-order valence-electron chi connectivity index (χ0n) is 16.9. The number of fused-ring (bicyclic) bond motifs is 1. The van der Waals surface area contributed by atoms with Crippen molar-refractivity contribution < 1.29 is 4.42 Å². The lowest BCUT2D eigenvalue weighted by atomic mass is 9.86. The molecule has 4 rings (SSSR count). The molecule has 0 atom stereocenters. The predicted octanol–water partition coefficient (Wildman–Crippen LogP) is 4.47. The summed E-state index contributed by atoms with van der Waals surface area (Å²) in [4.78, 5) is 12.0. The molecule has 1 fully saturated rings. The molecule has 3 aromatic rings. The van der Waals surface area contributed by atoms with Crippen molar-refractivity contribution in [1.82, 2.24) is 14.9 Å². The number of nitrogens with zero attached hydrogens (tertiary/aromatic N) is 3. The molecule has 0 unspecified atom stereocenters. The van der Waals surface area contributed by atoms with Crippen LogP contribution in [0.4, 0.5) is 0 Å². The van der Waals surface area contributed by atoms with Crippen LogP contribution in [0.3, 0.4) is 0 Å². The summed E-state index contributed by atoms with van der Waals surface area (Å²) >= 11 is 1.50. The van der Waals surface area contributed by atoms with E-state index in [4.69, 9.17) is 10.3 Å². The maximum Gasteiger partial charge on any atom is 0.336 e. The van der Waals surface area contributed by atoms with Gasteiger partial charge in [0.2, 0.25) is 5.16 Å². The highest BCUT2D eigenvalue weighted by atomic mass is 32.2. The Morgan fingerprint density at radius 3 is 2.83 bits per heavy atom. The minimum absolute atomic E-state index is 0.330. The van der Waals surface area contributed by atoms with Crippen LogP contribution < -0.4 is 11.5 Å². The first-order valence-corrected chi connectivity index (χ1v) is 11.5. The Bertz CT molecular complexity index is 1040. The van der Waals surface area contributed by atoms with Crippen LogP contribution in [0.25, 0.3) is 11.0 Å². The molecule has 0 amide bonds. The average molecular weight is 413 g/mol. The van der Waals surface area contributed by atoms with Crippen molar-refractivity contribution in [3.8, 4) is 0 Å². The number of hydrogen-bond donors (Lipinski definition) is 1. The van der Waals surface area contributed by atoms with Crippen LogP contribution in [0.5, 0.6) is 0 Å². The highest BCUT2D eigenvalue weighted by molar-refractivity contribution is 7.98. The minimum Gasteiger partial charge on any atom is -0.423 e. The number of nitrogens with two attached hydrogens (primary N) is 1. The number of benzene rings is 1. The van der Waals surface area contributed by atoms with E-state index in [9.17, 15) is 4.79 Å². The second-order valence-corrected chi connectivity index (χ2v) is 8.82. The molecule has 6 nitrogen and oxygen atoms in total. The van der Waals surface area contributed by atoms with Crippen LogP contribution in [0, 0.1) is 5.92 Å². The molecule has 0 radical (unpaired) electrons. The van der Waals surface area contributed by atoms with E-state index in [1.165, 1.54) is 43.9 Å². The summed E-state index contributed by atoms with van der Waals surface area (Å²) in [5.74, 6) is 8.47. The normalized spacial score (nSPS) is 15.2. The molecule has 0 bridgehead atoms. The standard InChI is InChI=1S/C22H28N4O2S/c1-2-15-8-10-18-17(13-21(27)28-19(18)12-15)14-29-22-25-24-20(26(22)23)11-9-16-6-4-3-5-7-16/h8,10,12-13,16H,2-7,9,11,14,23H2,1H3. The van der Waals surface area contributed by atoms with Crippen molar-refractivity contribution in [2.75, 3.05) is 5.84 Å². The Hall–Kier alpha value is -2.28. The molecular formula is C22H28N4O2S. The molecule has 2 N–H and O–H groups in total. The van der Waals surface area contributed by atoms with E-state index in [1.54, 1.807) is 10.7 Å². The van der Waals surface area contributed by atoms with Gasteiger partial charge in [0.25, 0.3) is 0 Å². The molecule has 0 spiro atoms. The molecule has 0 saturated heterocycles. The lowest BCUT2D eigenvalue weighted by molar-refractivity contribution is 0.336. The van der Waals surface area contributed by atoms with Gasteiger partial charge in [0.1, 0.15) is 5.58 Å². The van der Waals surface area contributed by atoms with Gasteiger partial charge >= 0.3 is 5.63 Å². The highest BCUT2D eigenvalue weighted by Gasteiger charge is 2.17. The third-order valence-corrected chi connectivity index (χ3v) is 6.89. The van der Waals surface area contributed by atoms with Gasteiger partial charge in [-0.15, -0.1) is 10.2 Å². The predicted molar refractivity (Wildman–Crippen MR) is 116 cm³/mol. The van der Waals surface area contributed by atoms with Gasteiger partial charge in [0.05, 0.1) is 0 Å². The largest absolute Gasteiger partial charge is 0.423 e. The van der Waals surface area contributed by atoms with Gasteiger partial charge in [0, 0.05) is 23.6 Å². The van der Waals surface area contributed by atoms with E-state index in [0.717, 1.165) is 47.5 Å². The Kier molecular flexibility index (Phi) is 6.23. The van der Waals surface area contributed by atoms with Gasteiger partial charge in [-0.2, -0.15) is 0 Å². The fraction of sp³-hybridized carbons (Fsp3) is 0.500. The fourth-order valence-corrected chi connectivity index (χ4v) is 5.01. The molecule has 1 aliphatic carbocycles. The first-order valence-electron chi connectivity index (χ1n) is 10.5. The lowest BCUT2D eigenvalue weighted by Gasteiger charge is -2.20. The Morgan fingerprint density at radius 2 is 2.03 bits per heavy atom. The zero-order valence-corrected chi connectivity index (χ0v) is 17.7. The van der Waals surface area contributed by atoms with Gasteiger partial charge < -0.3 is 10.3 Å². The van der Waals surface area contributed by atoms with E-state index in [0.29, 0.717) is 16.5 Å². The van der Waals surface area contributed by atoms with Crippen LogP contribution in [0.1, 0.15) is 62.4 Å². The SMILES string of the molecule is CCc1ccc2c(CSc3nnc(CCC4CCCCC4)n3N)cc(=O)oc2c1. The van der Waals surface area contributed by atoms with Gasteiger partial charge in [-0.3, -0.25) is 0 Å². The molecule has 154 valence electrons. The van der Waals surface area contributed by atoms with Crippen LogP contribution >= 0.6 is 11.8 Å². The van der Waals surface area contributed by atoms with E-state index < -0.39 is 0 Å². The maximum atomic E-state index is 12.0. The van der Waals surface area contributed by atoms with Crippen LogP contribution in [0.2, 0.25) is 0 Å². The Labute approximate surface area is 174 Å². The van der Waals surface area contributed by atoms with Gasteiger partial charge in [-0.1, -0.05) is 62.9 Å². The van der Waals surface area contributed by atoms with Crippen molar-refractivity contribution in [1.29, 1.82) is 0 Å². The Morgan fingerprint density at radius 1 is 1.21 bits per heavy atom. The van der Waals surface area contributed by atoms with Crippen molar-refractivity contribution in [2.45, 2.75) is 69.2 Å². The van der Waals surface area contributed by atoms with E-state index >= 15 is 0 Å². The molecule has 1 aliphatic rings. The summed E-state index contributed by atoms with van der Waals surface area (Å²) < 4.78 is 7.00. The molecule has 1 saturated carbocycles. The summed E-state index contributed by atoms with van der Waals surface area (Å²) in [6, 6.07) is 7.60. The molecule has 7 heteroatoms. The second-order valence-electron chi connectivity index (χ2n) is 7.87. The van der Waals surface area contributed by atoms with Crippen molar-refractivity contribution >= 4 is 22.7 Å². The first-order chi connectivity index (χ1) is 14.1. The topological polar surface area (TPSA) is 86.9 Å². The number of nitrogen functional groups attached to an aromatic ring is 1. The van der Waals surface area contributed by atoms with Gasteiger partial charge in [-0.05, 0) is 36.0 Å². The highest BCUT2D eigenvalue weighted by Crippen LogP contribution is 2.29. The van der Waals surface area contributed by atoms with Crippen LogP contribution in [0.15, 0.2) is 38.6 Å². The maximum absolute atomic E-state index is 12.0. The minimum atomic E-state index is -0.330. The van der Waals surface area contributed by atoms with Gasteiger partial charge in [-0.25, -0.2) is 9.47 Å².